The van der Waals surface area contributed by atoms with Crippen LogP contribution in [0, 0.1) is 5.92 Å². The number of carbonyl (C=O) groups is 1. The molecule has 2 nitrogen and oxygen atoms in total. The molecule has 1 aromatic heterocycles. The average molecular weight is 273 g/mol. The summed E-state index contributed by atoms with van der Waals surface area (Å²) in [5.41, 5.74) is 0.832. The van der Waals surface area contributed by atoms with Crippen molar-refractivity contribution < 1.29 is 4.79 Å². The molecule has 0 bridgehead atoms. The Kier molecular flexibility index (Phi) is 3.56. The third kappa shape index (κ3) is 2.52. The Hall–Kier alpha value is -1.35. The van der Waals surface area contributed by atoms with Crippen LogP contribution in [0.3, 0.4) is 0 Å². The fourth-order valence-electron chi connectivity index (χ4n) is 2.93. The lowest BCUT2D eigenvalue weighted by Gasteiger charge is -2.29. The molecule has 1 heterocycles. The zero-order valence-electron chi connectivity index (χ0n) is 11.2. The van der Waals surface area contributed by atoms with Crippen molar-refractivity contribution in [3.63, 3.8) is 0 Å². The van der Waals surface area contributed by atoms with Gasteiger partial charge in [-0.3, -0.25) is 4.79 Å². The third-order valence-electron chi connectivity index (χ3n) is 4.15. The molecule has 1 N–H and O–H groups in total. The molecule has 3 rings (SSSR count). The van der Waals surface area contributed by atoms with Crippen molar-refractivity contribution in [3.8, 4) is 0 Å². The lowest BCUT2D eigenvalue weighted by molar-refractivity contribution is 0.0912. The van der Waals surface area contributed by atoms with Gasteiger partial charge in [0.1, 0.15) is 0 Å². The second kappa shape index (κ2) is 5.33. The molecule has 2 aromatic rings. The van der Waals surface area contributed by atoms with Crippen LogP contribution in [-0.2, 0) is 0 Å². The van der Waals surface area contributed by atoms with E-state index in [9.17, 15) is 4.79 Å². The highest BCUT2D eigenvalue weighted by molar-refractivity contribution is 7.17. The number of benzene rings is 1. The van der Waals surface area contributed by atoms with Crippen molar-refractivity contribution in [1.82, 2.24) is 5.32 Å². The first-order valence-electron chi connectivity index (χ1n) is 7.03. The normalized spacial score (nSPS) is 23.4. The summed E-state index contributed by atoms with van der Waals surface area (Å²) in [4.78, 5) is 12.4. The van der Waals surface area contributed by atoms with Gasteiger partial charge in [-0.05, 0) is 24.8 Å². The van der Waals surface area contributed by atoms with Gasteiger partial charge < -0.3 is 5.32 Å². The minimum Gasteiger partial charge on any atom is -0.349 e. The molecular formula is C16H19NOS. The molecule has 1 aliphatic carbocycles. The van der Waals surface area contributed by atoms with Crippen LogP contribution in [0.1, 0.15) is 43.0 Å². The Morgan fingerprint density at radius 2 is 2.05 bits per heavy atom. The van der Waals surface area contributed by atoms with Gasteiger partial charge >= 0.3 is 0 Å². The molecular weight excluding hydrogens is 254 g/mol. The van der Waals surface area contributed by atoms with Crippen molar-refractivity contribution in [3.05, 3.63) is 35.2 Å². The van der Waals surface area contributed by atoms with Crippen molar-refractivity contribution in [1.29, 1.82) is 0 Å². The molecule has 1 amide bonds. The molecule has 3 heteroatoms. The van der Waals surface area contributed by atoms with Crippen LogP contribution in [0.15, 0.2) is 29.6 Å². The maximum absolute atomic E-state index is 12.4. The summed E-state index contributed by atoms with van der Waals surface area (Å²) in [5.74, 6) is 0.693. The second-order valence-electron chi connectivity index (χ2n) is 5.49. The first-order valence-corrected chi connectivity index (χ1v) is 7.91. The Bertz CT molecular complexity index is 589. The van der Waals surface area contributed by atoms with E-state index in [1.165, 1.54) is 24.0 Å². The summed E-state index contributed by atoms with van der Waals surface area (Å²) in [7, 11) is 0. The average Bonchev–Trinajstić information content (AvgIpc) is 2.85. The third-order valence-corrected chi connectivity index (χ3v) is 5.12. The van der Waals surface area contributed by atoms with Crippen LogP contribution in [0.2, 0.25) is 0 Å². The highest BCUT2D eigenvalue weighted by Crippen LogP contribution is 2.27. The number of amides is 1. The van der Waals surface area contributed by atoms with E-state index in [1.54, 1.807) is 11.3 Å². The fraction of sp³-hybridized carbons (Fsp3) is 0.438. The molecule has 100 valence electrons. The van der Waals surface area contributed by atoms with Crippen LogP contribution < -0.4 is 5.32 Å². The fourth-order valence-corrected chi connectivity index (χ4v) is 3.87. The molecule has 0 spiro atoms. The summed E-state index contributed by atoms with van der Waals surface area (Å²) in [6.07, 6.45) is 4.89. The number of carbonyl (C=O) groups excluding carboxylic acids is 1. The minimum absolute atomic E-state index is 0.0937. The van der Waals surface area contributed by atoms with Gasteiger partial charge in [0.2, 0.25) is 0 Å². The van der Waals surface area contributed by atoms with Gasteiger partial charge in [-0.1, -0.05) is 38.0 Å². The van der Waals surface area contributed by atoms with E-state index in [-0.39, 0.29) is 5.91 Å². The first-order chi connectivity index (χ1) is 9.25. The predicted octanol–water partition coefficient (Wildman–Crippen LogP) is 4.21. The molecule has 0 radical (unpaired) electrons. The van der Waals surface area contributed by atoms with E-state index >= 15 is 0 Å². The monoisotopic (exact) mass is 273 g/mol. The maximum atomic E-state index is 12.4. The second-order valence-corrected chi connectivity index (χ2v) is 6.40. The molecule has 1 fully saturated rings. The molecule has 0 saturated heterocycles. The number of hydrogen-bond acceptors (Lipinski definition) is 2. The summed E-state index contributed by atoms with van der Waals surface area (Å²) >= 11 is 1.64. The van der Waals surface area contributed by atoms with Crippen LogP contribution >= 0.6 is 11.3 Å². The van der Waals surface area contributed by atoms with Gasteiger partial charge in [0.05, 0.1) is 5.56 Å². The number of rotatable bonds is 2. The number of hydrogen-bond donors (Lipinski definition) is 1. The molecule has 1 aliphatic rings. The number of fused-ring (bicyclic) bond motifs is 1. The quantitative estimate of drug-likeness (QED) is 0.872. The standard InChI is InChI=1S/C16H19NOS/c1-11-6-2-4-8-14(11)17-16(18)13-10-19-15-9-5-3-7-12(13)15/h3,5,7,9-11,14H,2,4,6,8H2,1H3,(H,17,18). The summed E-state index contributed by atoms with van der Waals surface area (Å²) in [6.45, 7) is 2.25. The minimum atomic E-state index is 0.0937. The molecule has 19 heavy (non-hydrogen) atoms. The van der Waals surface area contributed by atoms with E-state index < -0.39 is 0 Å². The van der Waals surface area contributed by atoms with E-state index in [0.29, 0.717) is 12.0 Å². The largest absolute Gasteiger partial charge is 0.349 e. The van der Waals surface area contributed by atoms with Gasteiger partial charge in [-0.15, -0.1) is 11.3 Å². The van der Waals surface area contributed by atoms with E-state index in [1.807, 2.05) is 23.6 Å². The SMILES string of the molecule is CC1CCCCC1NC(=O)c1csc2ccccc12. The van der Waals surface area contributed by atoms with Crippen molar-refractivity contribution in [2.24, 2.45) is 5.92 Å². The van der Waals surface area contributed by atoms with E-state index in [2.05, 4.69) is 18.3 Å². The Morgan fingerprint density at radius 3 is 2.89 bits per heavy atom. The Balaban J connectivity index is 1.80. The van der Waals surface area contributed by atoms with Gasteiger partial charge in [0.15, 0.2) is 0 Å². The summed E-state index contributed by atoms with van der Waals surface area (Å²) in [6, 6.07) is 8.46. The Labute approximate surface area is 117 Å². The zero-order valence-corrected chi connectivity index (χ0v) is 12.0. The molecule has 2 unspecified atom stereocenters. The van der Waals surface area contributed by atoms with Crippen LogP contribution in [-0.4, -0.2) is 11.9 Å². The molecule has 1 aromatic carbocycles. The number of thiophene rings is 1. The van der Waals surface area contributed by atoms with Crippen molar-refractivity contribution in [2.45, 2.75) is 38.6 Å². The lowest BCUT2D eigenvalue weighted by atomic mass is 9.86. The summed E-state index contributed by atoms with van der Waals surface area (Å²) < 4.78 is 1.18. The van der Waals surface area contributed by atoms with Crippen LogP contribution in [0.5, 0.6) is 0 Å². The lowest BCUT2D eigenvalue weighted by Crippen LogP contribution is -2.40. The summed E-state index contributed by atoms with van der Waals surface area (Å²) in [5, 5.41) is 6.29. The van der Waals surface area contributed by atoms with Crippen molar-refractivity contribution in [2.75, 3.05) is 0 Å². The van der Waals surface area contributed by atoms with Gasteiger partial charge in [-0.25, -0.2) is 0 Å². The van der Waals surface area contributed by atoms with Crippen LogP contribution in [0.25, 0.3) is 10.1 Å². The molecule has 0 aliphatic heterocycles. The molecule has 2 atom stereocenters. The van der Waals surface area contributed by atoms with Gasteiger partial charge in [0.25, 0.3) is 5.91 Å². The highest BCUT2D eigenvalue weighted by Gasteiger charge is 2.24. The maximum Gasteiger partial charge on any atom is 0.252 e. The van der Waals surface area contributed by atoms with E-state index in [4.69, 9.17) is 0 Å². The first kappa shape index (κ1) is 12.7. The number of nitrogens with one attached hydrogen (secondary N) is 1. The molecule has 1 saturated carbocycles. The van der Waals surface area contributed by atoms with Gasteiger partial charge in [0, 0.05) is 21.5 Å². The highest BCUT2D eigenvalue weighted by atomic mass is 32.1. The van der Waals surface area contributed by atoms with E-state index in [0.717, 1.165) is 17.4 Å². The predicted molar refractivity (Wildman–Crippen MR) is 80.7 cm³/mol. The smallest absolute Gasteiger partial charge is 0.252 e. The zero-order chi connectivity index (χ0) is 13.2. The Morgan fingerprint density at radius 1 is 1.26 bits per heavy atom. The van der Waals surface area contributed by atoms with Gasteiger partial charge in [-0.2, -0.15) is 0 Å². The van der Waals surface area contributed by atoms with Crippen LogP contribution in [0.4, 0.5) is 0 Å². The topological polar surface area (TPSA) is 29.1 Å². The van der Waals surface area contributed by atoms with Crippen molar-refractivity contribution >= 4 is 27.3 Å².